The van der Waals surface area contributed by atoms with Gasteiger partial charge in [-0.3, -0.25) is 9.59 Å². The lowest BCUT2D eigenvalue weighted by Gasteiger charge is -2.17. The van der Waals surface area contributed by atoms with Gasteiger partial charge in [-0.1, -0.05) is 48.0 Å². The highest BCUT2D eigenvalue weighted by Gasteiger charge is 2.19. The Bertz CT molecular complexity index is 953. The second-order valence-corrected chi connectivity index (χ2v) is 6.43. The van der Waals surface area contributed by atoms with E-state index in [4.69, 9.17) is 4.74 Å². The number of amides is 2. The number of ether oxygens (including phenoxy) is 1. The van der Waals surface area contributed by atoms with Gasteiger partial charge in [0.25, 0.3) is 11.8 Å². The van der Waals surface area contributed by atoms with Gasteiger partial charge in [0, 0.05) is 11.4 Å². The molecular formula is C23H22N2O3. The van der Waals surface area contributed by atoms with Crippen LogP contribution in [0.4, 0.5) is 11.4 Å². The van der Waals surface area contributed by atoms with Crippen LogP contribution in [-0.4, -0.2) is 17.9 Å². The fraction of sp³-hybridized carbons (Fsp3) is 0.130. The standard InChI is InChI=1S/C23H22N2O3/c1-16-12-14-19(15-13-16)24-22(26)17(2)28-21-11-7-6-10-20(21)23(27)25-18-8-4-3-5-9-18/h3-15,17H,1-2H3,(H,24,26)(H,25,27)/t17-/m1/s1. The van der Waals surface area contributed by atoms with Crippen molar-refractivity contribution in [1.29, 1.82) is 0 Å². The van der Waals surface area contributed by atoms with Crippen LogP contribution < -0.4 is 15.4 Å². The number of aryl methyl sites for hydroxylation is 1. The largest absolute Gasteiger partial charge is 0.480 e. The van der Waals surface area contributed by atoms with E-state index in [1.165, 1.54) is 0 Å². The Morgan fingerprint density at radius 2 is 1.39 bits per heavy atom. The maximum absolute atomic E-state index is 12.6. The lowest BCUT2D eigenvalue weighted by Crippen LogP contribution is -2.30. The molecule has 1 atom stereocenters. The molecule has 142 valence electrons. The fourth-order valence-corrected chi connectivity index (χ4v) is 2.60. The molecule has 3 rings (SSSR count). The first-order chi connectivity index (χ1) is 13.5. The molecule has 0 bridgehead atoms. The summed E-state index contributed by atoms with van der Waals surface area (Å²) in [6, 6.07) is 23.5. The van der Waals surface area contributed by atoms with Crippen LogP contribution in [0.3, 0.4) is 0 Å². The number of nitrogens with one attached hydrogen (secondary N) is 2. The van der Waals surface area contributed by atoms with Crippen LogP contribution in [0.2, 0.25) is 0 Å². The normalized spacial score (nSPS) is 11.4. The summed E-state index contributed by atoms with van der Waals surface area (Å²) in [5, 5.41) is 5.64. The van der Waals surface area contributed by atoms with Crippen LogP contribution in [0.25, 0.3) is 0 Å². The van der Waals surface area contributed by atoms with Crippen LogP contribution in [0.1, 0.15) is 22.8 Å². The number of benzene rings is 3. The van der Waals surface area contributed by atoms with Crippen molar-refractivity contribution in [1.82, 2.24) is 0 Å². The van der Waals surface area contributed by atoms with Crippen LogP contribution in [-0.2, 0) is 4.79 Å². The molecule has 2 amide bonds. The molecule has 28 heavy (non-hydrogen) atoms. The molecule has 0 radical (unpaired) electrons. The molecule has 3 aromatic rings. The molecule has 0 heterocycles. The number of hydrogen-bond donors (Lipinski definition) is 2. The maximum Gasteiger partial charge on any atom is 0.265 e. The molecule has 0 fully saturated rings. The molecule has 0 aliphatic carbocycles. The van der Waals surface area contributed by atoms with Gasteiger partial charge in [-0.2, -0.15) is 0 Å². The summed E-state index contributed by atoms with van der Waals surface area (Å²) in [6.45, 7) is 3.63. The zero-order chi connectivity index (χ0) is 19.9. The first kappa shape index (κ1) is 19.2. The number of carbonyl (C=O) groups excluding carboxylic acids is 2. The van der Waals surface area contributed by atoms with E-state index in [2.05, 4.69) is 10.6 Å². The van der Waals surface area contributed by atoms with Gasteiger partial charge >= 0.3 is 0 Å². The van der Waals surface area contributed by atoms with Gasteiger partial charge in [-0.05, 0) is 50.2 Å². The third-order valence-corrected chi connectivity index (χ3v) is 4.16. The monoisotopic (exact) mass is 374 g/mol. The highest BCUT2D eigenvalue weighted by atomic mass is 16.5. The van der Waals surface area contributed by atoms with Gasteiger partial charge in [0.2, 0.25) is 0 Å². The summed E-state index contributed by atoms with van der Waals surface area (Å²) in [6.07, 6.45) is -0.771. The average Bonchev–Trinajstić information content (AvgIpc) is 2.70. The Kier molecular flexibility index (Phi) is 6.07. The molecule has 0 unspecified atom stereocenters. The third-order valence-electron chi connectivity index (χ3n) is 4.16. The van der Waals surface area contributed by atoms with Crippen LogP contribution in [0, 0.1) is 6.92 Å². The summed E-state index contributed by atoms with van der Waals surface area (Å²) in [4.78, 5) is 25.1. The molecule has 0 aromatic heterocycles. The lowest BCUT2D eigenvalue weighted by molar-refractivity contribution is -0.122. The van der Waals surface area contributed by atoms with Crippen molar-refractivity contribution in [3.05, 3.63) is 90.0 Å². The van der Waals surface area contributed by atoms with Gasteiger partial charge in [0.05, 0.1) is 5.56 Å². The van der Waals surface area contributed by atoms with E-state index < -0.39 is 6.10 Å². The number of carbonyl (C=O) groups is 2. The smallest absolute Gasteiger partial charge is 0.265 e. The molecule has 0 saturated heterocycles. The molecule has 0 spiro atoms. The molecule has 5 nitrogen and oxygen atoms in total. The van der Waals surface area contributed by atoms with E-state index in [0.29, 0.717) is 22.7 Å². The predicted octanol–water partition coefficient (Wildman–Crippen LogP) is 4.65. The minimum atomic E-state index is -0.771. The second kappa shape index (κ2) is 8.86. The Morgan fingerprint density at radius 1 is 0.786 bits per heavy atom. The van der Waals surface area contributed by atoms with Gasteiger partial charge in [-0.25, -0.2) is 0 Å². The van der Waals surface area contributed by atoms with Crippen molar-refractivity contribution in [3.63, 3.8) is 0 Å². The number of anilines is 2. The molecule has 3 aromatic carbocycles. The molecule has 2 N–H and O–H groups in total. The summed E-state index contributed by atoms with van der Waals surface area (Å²) in [5.74, 6) is -0.238. The quantitative estimate of drug-likeness (QED) is 0.660. The van der Waals surface area contributed by atoms with Crippen molar-refractivity contribution in [2.75, 3.05) is 10.6 Å². The molecule has 0 aliphatic heterocycles. The maximum atomic E-state index is 12.6. The van der Waals surface area contributed by atoms with Crippen LogP contribution >= 0.6 is 0 Å². The van der Waals surface area contributed by atoms with Crippen LogP contribution in [0.5, 0.6) is 5.75 Å². The summed E-state index contributed by atoms with van der Waals surface area (Å²) < 4.78 is 5.79. The third kappa shape index (κ3) is 4.98. The number of hydrogen-bond acceptors (Lipinski definition) is 3. The fourth-order valence-electron chi connectivity index (χ4n) is 2.60. The molecule has 5 heteroatoms. The molecule has 0 saturated carbocycles. The zero-order valence-electron chi connectivity index (χ0n) is 15.8. The lowest BCUT2D eigenvalue weighted by atomic mass is 10.1. The number of rotatable bonds is 6. The first-order valence-corrected chi connectivity index (χ1v) is 9.02. The van der Waals surface area contributed by atoms with Gasteiger partial charge < -0.3 is 15.4 Å². The van der Waals surface area contributed by atoms with E-state index >= 15 is 0 Å². The van der Waals surface area contributed by atoms with Crippen molar-refractivity contribution < 1.29 is 14.3 Å². The van der Waals surface area contributed by atoms with E-state index in [1.807, 2.05) is 49.4 Å². The highest BCUT2D eigenvalue weighted by molar-refractivity contribution is 6.06. The van der Waals surface area contributed by atoms with Crippen molar-refractivity contribution >= 4 is 23.2 Å². The van der Waals surface area contributed by atoms with E-state index in [9.17, 15) is 9.59 Å². The Balaban J connectivity index is 1.69. The van der Waals surface area contributed by atoms with Crippen molar-refractivity contribution in [3.8, 4) is 5.75 Å². The van der Waals surface area contributed by atoms with Gasteiger partial charge in [0.15, 0.2) is 6.10 Å². The summed E-state index contributed by atoms with van der Waals surface area (Å²) in [7, 11) is 0. The minimum absolute atomic E-state index is 0.290. The topological polar surface area (TPSA) is 67.4 Å². The Morgan fingerprint density at radius 3 is 2.11 bits per heavy atom. The molecular weight excluding hydrogens is 352 g/mol. The van der Waals surface area contributed by atoms with Gasteiger partial charge in [-0.15, -0.1) is 0 Å². The zero-order valence-corrected chi connectivity index (χ0v) is 15.8. The predicted molar refractivity (Wildman–Crippen MR) is 111 cm³/mol. The van der Waals surface area contributed by atoms with Crippen molar-refractivity contribution in [2.24, 2.45) is 0 Å². The molecule has 0 aliphatic rings. The summed E-state index contributed by atoms with van der Waals surface area (Å²) >= 11 is 0. The summed E-state index contributed by atoms with van der Waals surface area (Å²) in [5.41, 5.74) is 2.86. The number of para-hydroxylation sites is 2. The minimum Gasteiger partial charge on any atom is -0.480 e. The Labute approximate surface area is 164 Å². The highest BCUT2D eigenvalue weighted by Crippen LogP contribution is 2.21. The van der Waals surface area contributed by atoms with E-state index in [-0.39, 0.29) is 11.8 Å². The average molecular weight is 374 g/mol. The van der Waals surface area contributed by atoms with Crippen molar-refractivity contribution in [2.45, 2.75) is 20.0 Å². The van der Waals surface area contributed by atoms with E-state index in [0.717, 1.165) is 5.56 Å². The second-order valence-electron chi connectivity index (χ2n) is 6.43. The Hall–Kier alpha value is -3.60. The SMILES string of the molecule is Cc1ccc(NC(=O)[C@@H](C)Oc2ccccc2C(=O)Nc2ccccc2)cc1. The van der Waals surface area contributed by atoms with E-state index in [1.54, 1.807) is 43.3 Å². The van der Waals surface area contributed by atoms with Gasteiger partial charge in [0.1, 0.15) is 5.75 Å². The first-order valence-electron chi connectivity index (χ1n) is 9.02. The van der Waals surface area contributed by atoms with Crippen LogP contribution in [0.15, 0.2) is 78.9 Å².